The zero-order chi connectivity index (χ0) is 50.9. The predicted octanol–water partition coefficient (Wildman–Crippen LogP) is 7.56. The molecular formula is C69H96I4N3-3. The molecule has 5 aromatic carbocycles. The molecule has 0 saturated heterocycles. The molecule has 5 rings (SSSR count). The smallest absolute Gasteiger partial charge is 0.0780 e. The number of hydrogen-bond acceptors (Lipinski definition) is 2. The molecule has 0 aromatic heterocycles. The van der Waals surface area contributed by atoms with Gasteiger partial charge in [0, 0.05) is 37.6 Å². The summed E-state index contributed by atoms with van der Waals surface area (Å²) in [6.07, 6.45) is 44.3. The Morgan fingerprint density at radius 2 is 0.447 bits per heavy atom. The first-order valence-corrected chi connectivity index (χ1v) is 28.7. The molecule has 0 spiro atoms. The van der Waals surface area contributed by atoms with E-state index in [0.29, 0.717) is 0 Å². The fraction of sp³-hybridized carbons (Fsp3) is 0.449. The van der Waals surface area contributed by atoms with E-state index in [0.717, 1.165) is 17.6 Å². The second-order valence-electron chi connectivity index (χ2n) is 21.5. The quantitative estimate of drug-likeness (QED) is 0.0177. The van der Waals surface area contributed by atoms with E-state index < -0.39 is 0 Å². The van der Waals surface area contributed by atoms with Crippen LogP contribution in [0.25, 0.3) is 48.6 Å². The maximum absolute atomic E-state index is 2.64. The molecule has 0 aliphatic heterocycles. The summed E-state index contributed by atoms with van der Waals surface area (Å²) in [6.45, 7) is 12.8. The van der Waals surface area contributed by atoms with Gasteiger partial charge in [-0.25, -0.2) is 0 Å². The van der Waals surface area contributed by atoms with E-state index in [9.17, 15) is 0 Å². The van der Waals surface area contributed by atoms with Crippen LogP contribution in [0.5, 0.6) is 0 Å². The van der Waals surface area contributed by atoms with Crippen molar-refractivity contribution in [2.75, 3.05) is 63.7 Å². The van der Waals surface area contributed by atoms with E-state index in [2.05, 4.69) is 222 Å². The van der Waals surface area contributed by atoms with Crippen LogP contribution in [0.2, 0.25) is 0 Å². The van der Waals surface area contributed by atoms with Crippen molar-refractivity contribution in [1.29, 1.82) is 0 Å². The number of quaternary nitrogens is 1. The number of anilines is 2. The number of nitrogens with zero attached hydrogens (tertiary/aromatic N) is 3. The van der Waals surface area contributed by atoms with Crippen molar-refractivity contribution in [3.63, 3.8) is 0 Å². The molecule has 0 atom stereocenters. The van der Waals surface area contributed by atoms with Gasteiger partial charge in [-0.2, -0.15) is 0 Å². The van der Waals surface area contributed by atoms with Crippen molar-refractivity contribution in [2.45, 2.75) is 149 Å². The van der Waals surface area contributed by atoms with Gasteiger partial charge in [0.25, 0.3) is 0 Å². The lowest BCUT2D eigenvalue weighted by Gasteiger charge is -2.26. The summed E-state index contributed by atoms with van der Waals surface area (Å²) in [6, 6.07) is 44.9. The number of rotatable bonds is 36. The van der Waals surface area contributed by atoms with Crippen LogP contribution in [-0.4, -0.2) is 58.3 Å². The Kier molecular flexibility index (Phi) is 40.8. The number of unbranched alkanes of at least 4 members (excludes halogenated alkanes) is 16. The second kappa shape index (κ2) is 43.4. The lowest BCUT2D eigenvalue weighted by Crippen LogP contribution is -3.00. The molecule has 0 bridgehead atoms. The largest absolute Gasteiger partial charge is 1.00 e. The first-order chi connectivity index (χ1) is 35.2. The minimum absolute atomic E-state index is 0. The maximum Gasteiger partial charge on any atom is 0.0780 e. The summed E-state index contributed by atoms with van der Waals surface area (Å²) in [5.41, 5.74) is 12.4. The Hall–Kier alpha value is -2.46. The Morgan fingerprint density at radius 3 is 0.658 bits per heavy atom. The SMILES string of the molecule is CCCCCCCCN(CCCCCCC)c1ccc(/C=C/c2ccc(/C=C/c3ccc(/C=C/c4ccc(/C=C/c5ccc(N(CCCCCCC)CCCCCC[N+](C)(C)C)cc5)cc4)cc3)cc2)cc1.[I-].[I-].[I-].[I-]. The highest BCUT2D eigenvalue weighted by molar-refractivity contribution is 5.76. The van der Waals surface area contributed by atoms with Gasteiger partial charge in [0.05, 0.1) is 27.7 Å². The van der Waals surface area contributed by atoms with Gasteiger partial charge in [-0.3, -0.25) is 0 Å². The van der Waals surface area contributed by atoms with Gasteiger partial charge in [-0.1, -0.05) is 256 Å². The van der Waals surface area contributed by atoms with Gasteiger partial charge in [-0.05, 0) is 107 Å². The molecule has 0 aliphatic carbocycles. The molecule has 3 nitrogen and oxygen atoms in total. The molecule has 0 saturated carbocycles. The van der Waals surface area contributed by atoms with Gasteiger partial charge in [-0.15, -0.1) is 0 Å². The van der Waals surface area contributed by atoms with Gasteiger partial charge in [0.1, 0.15) is 0 Å². The van der Waals surface area contributed by atoms with Crippen LogP contribution in [0, 0.1) is 0 Å². The van der Waals surface area contributed by atoms with Crippen LogP contribution in [-0.2, 0) is 0 Å². The van der Waals surface area contributed by atoms with Crippen LogP contribution in [0.4, 0.5) is 11.4 Å². The highest BCUT2D eigenvalue weighted by Crippen LogP contribution is 2.23. The van der Waals surface area contributed by atoms with Gasteiger partial charge in [0.2, 0.25) is 0 Å². The zero-order valence-corrected chi connectivity index (χ0v) is 56.3. The van der Waals surface area contributed by atoms with E-state index in [1.807, 2.05) is 0 Å². The first kappa shape index (κ1) is 71.6. The van der Waals surface area contributed by atoms with Crippen molar-refractivity contribution in [3.05, 3.63) is 166 Å². The average Bonchev–Trinajstić information content (AvgIpc) is 3.40. The molecule has 0 aliphatic rings. The summed E-state index contributed by atoms with van der Waals surface area (Å²) in [5.74, 6) is 0. The summed E-state index contributed by atoms with van der Waals surface area (Å²) in [4.78, 5) is 5.27. The molecule has 0 unspecified atom stereocenters. The normalized spacial score (nSPS) is 11.4. The topological polar surface area (TPSA) is 6.48 Å². The molecule has 76 heavy (non-hydrogen) atoms. The molecule has 5 aromatic rings. The summed E-state index contributed by atoms with van der Waals surface area (Å²) < 4.78 is 1.06. The maximum atomic E-state index is 2.64. The van der Waals surface area contributed by atoms with Crippen LogP contribution in [0.15, 0.2) is 121 Å². The Labute approximate surface area is 533 Å². The first-order valence-electron chi connectivity index (χ1n) is 28.7. The number of halogens is 4. The molecule has 0 amide bonds. The van der Waals surface area contributed by atoms with E-state index >= 15 is 0 Å². The minimum atomic E-state index is 0. The summed E-state index contributed by atoms with van der Waals surface area (Å²) in [7, 11) is 6.89. The van der Waals surface area contributed by atoms with E-state index in [1.54, 1.807) is 0 Å². The van der Waals surface area contributed by atoms with Crippen LogP contribution in [0.3, 0.4) is 0 Å². The summed E-state index contributed by atoms with van der Waals surface area (Å²) >= 11 is 0. The van der Waals surface area contributed by atoms with Crippen LogP contribution >= 0.6 is 0 Å². The zero-order valence-electron chi connectivity index (χ0n) is 47.7. The Bertz CT molecular complexity index is 2290. The van der Waals surface area contributed by atoms with Crippen molar-refractivity contribution in [2.24, 2.45) is 0 Å². The average molecular weight is 1480 g/mol. The Morgan fingerprint density at radius 1 is 0.263 bits per heavy atom. The minimum Gasteiger partial charge on any atom is -1.00 e. The van der Waals surface area contributed by atoms with E-state index in [1.165, 1.54) is 204 Å². The Balaban J connectivity index is 0.00000722. The van der Waals surface area contributed by atoms with Crippen LogP contribution < -0.4 is 106 Å². The molecular weight excluding hydrogens is 1380 g/mol. The second-order valence-corrected chi connectivity index (χ2v) is 21.5. The fourth-order valence-electron chi connectivity index (χ4n) is 9.39. The fourth-order valence-corrected chi connectivity index (χ4v) is 9.39. The molecule has 0 fully saturated rings. The summed E-state index contributed by atoms with van der Waals surface area (Å²) in [5, 5.41) is 0. The van der Waals surface area contributed by atoms with E-state index in [-0.39, 0.29) is 95.9 Å². The molecule has 418 valence electrons. The molecule has 7 heteroatoms. The third kappa shape index (κ3) is 30.8. The third-order valence-electron chi connectivity index (χ3n) is 14.1. The van der Waals surface area contributed by atoms with Gasteiger partial charge >= 0.3 is 0 Å². The van der Waals surface area contributed by atoms with Gasteiger partial charge in [0.15, 0.2) is 0 Å². The standard InChI is InChI=1S/C69H96N3.4HI/c1-7-10-13-16-19-24-57-70(55-22-17-14-11-8-2)68-51-47-66(48-52-68)45-43-64-39-35-62(36-40-64)33-31-60-27-29-61(30-28-60)32-34-63-37-41-65(42-38-63)44-46-67-49-53-69(54-50-67)71(56-23-18-15-12-9-3)58-25-20-21-26-59-72(4,5)6;;;;/h27-54H,7-26,55-59H2,1-6H3;4*1H/q+1;;;;/p-4/b33-31+,34-32+,45-43+,46-44+;;;;. The van der Waals surface area contributed by atoms with Crippen molar-refractivity contribution < 1.29 is 100 Å². The predicted molar refractivity (Wildman–Crippen MR) is 325 cm³/mol. The highest BCUT2D eigenvalue weighted by Gasteiger charge is 2.10. The number of benzene rings is 5. The third-order valence-corrected chi connectivity index (χ3v) is 14.1. The van der Waals surface area contributed by atoms with Crippen LogP contribution in [0.1, 0.15) is 194 Å². The van der Waals surface area contributed by atoms with Gasteiger partial charge < -0.3 is 110 Å². The van der Waals surface area contributed by atoms with Crippen molar-refractivity contribution in [1.82, 2.24) is 0 Å². The number of hydrogen-bond donors (Lipinski definition) is 0. The van der Waals surface area contributed by atoms with Crippen molar-refractivity contribution in [3.8, 4) is 0 Å². The molecule has 0 N–H and O–H groups in total. The lowest BCUT2D eigenvalue weighted by molar-refractivity contribution is -0.870. The monoisotopic (exact) mass is 1470 g/mol. The highest BCUT2D eigenvalue weighted by atomic mass is 127. The van der Waals surface area contributed by atoms with Crippen molar-refractivity contribution >= 4 is 60.0 Å². The molecule has 0 heterocycles. The lowest BCUT2D eigenvalue weighted by atomic mass is 10.1. The molecule has 0 radical (unpaired) electrons. The van der Waals surface area contributed by atoms with E-state index in [4.69, 9.17) is 0 Å².